The normalized spacial score (nSPS) is 12.7. The molecule has 0 fully saturated rings. The molecule has 2 N–H and O–H groups in total. The van der Waals surface area contributed by atoms with Gasteiger partial charge in [0.15, 0.2) is 0 Å². The number of hydrogen-bond donors (Lipinski definition) is 1. The average Bonchev–Trinajstić information content (AvgIpc) is 2.64. The molecule has 0 aliphatic carbocycles. The van der Waals surface area contributed by atoms with Crippen LogP contribution in [0.1, 0.15) is 11.4 Å². The average molecular weight is 419 g/mol. The van der Waals surface area contributed by atoms with Gasteiger partial charge >= 0.3 is 0 Å². The maximum Gasteiger partial charge on any atom is 0.0738 e. The van der Waals surface area contributed by atoms with Gasteiger partial charge in [-0.25, -0.2) is 0 Å². The van der Waals surface area contributed by atoms with Crippen LogP contribution in [0.3, 0.4) is 0 Å². The number of halogens is 2. The van der Waals surface area contributed by atoms with Gasteiger partial charge < -0.3 is 5.73 Å². The molecule has 0 aliphatic rings. The molecule has 1 aromatic heterocycles. The van der Waals surface area contributed by atoms with Gasteiger partial charge in [0.05, 0.1) is 15.9 Å². The second kappa shape index (κ2) is 7.11. The highest BCUT2D eigenvalue weighted by Gasteiger charge is 2.14. The van der Waals surface area contributed by atoms with Crippen molar-refractivity contribution in [1.29, 1.82) is 0 Å². The highest BCUT2D eigenvalue weighted by molar-refractivity contribution is 9.10. The van der Waals surface area contributed by atoms with Gasteiger partial charge in [-0.15, -0.1) is 11.8 Å². The summed E-state index contributed by atoms with van der Waals surface area (Å²) < 4.78 is 4.10. The Bertz CT molecular complexity index is 598. The van der Waals surface area contributed by atoms with Gasteiger partial charge in [-0.2, -0.15) is 5.10 Å². The first-order valence-corrected chi connectivity index (χ1v) is 8.87. The van der Waals surface area contributed by atoms with Crippen molar-refractivity contribution in [1.82, 2.24) is 9.78 Å². The number of aryl methyl sites for hydroxylation is 2. The van der Waals surface area contributed by atoms with Crippen molar-refractivity contribution >= 4 is 43.6 Å². The van der Waals surface area contributed by atoms with Gasteiger partial charge in [0.25, 0.3) is 0 Å². The first kappa shape index (κ1) is 16.1. The van der Waals surface area contributed by atoms with E-state index in [0.29, 0.717) is 0 Å². The molecule has 1 heterocycles. The van der Waals surface area contributed by atoms with Crippen LogP contribution in [0.15, 0.2) is 38.1 Å². The smallest absolute Gasteiger partial charge is 0.0738 e. The topological polar surface area (TPSA) is 43.8 Å². The minimum Gasteiger partial charge on any atom is -0.327 e. The molecule has 0 radical (unpaired) electrons. The second-order valence-electron chi connectivity index (χ2n) is 4.68. The lowest BCUT2D eigenvalue weighted by Crippen LogP contribution is -2.26. The van der Waals surface area contributed by atoms with E-state index in [1.807, 2.05) is 30.8 Å². The summed E-state index contributed by atoms with van der Waals surface area (Å²) in [6, 6.07) is 8.31. The van der Waals surface area contributed by atoms with Crippen LogP contribution in [0.4, 0.5) is 0 Å². The Balaban J connectivity index is 1.96. The number of rotatable bonds is 5. The zero-order chi connectivity index (χ0) is 14.7. The number of nitrogens with zero attached hydrogens (tertiary/aromatic N) is 2. The van der Waals surface area contributed by atoms with E-state index < -0.39 is 0 Å². The number of hydrogen-bond acceptors (Lipinski definition) is 3. The van der Waals surface area contributed by atoms with E-state index in [-0.39, 0.29) is 6.04 Å². The molecular weight excluding hydrogens is 402 g/mol. The summed E-state index contributed by atoms with van der Waals surface area (Å²) in [5.41, 5.74) is 8.42. The SMILES string of the molecule is Cc1nn(C)c(CC(N)CSc2ccccc2Br)c1Br. The van der Waals surface area contributed by atoms with E-state index in [9.17, 15) is 0 Å². The van der Waals surface area contributed by atoms with E-state index >= 15 is 0 Å². The van der Waals surface area contributed by atoms with Crippen molar-refractivity contribution in [3.05, 3.63) is 44.6 Å². The minimum absolute atomic E-state index is 0.0956. The Labute approximate surface area is 140 Å². The molecule has 20 heavy (non-hydrogen) atoms. The van der Waals surface area contributed by atoms with E-state index in [1.165, 1.54) is 4.90 Å². The van der Waals surface area contributed by atoms with Gasteiger partial charge in [0, 0.05) is 34.6 Å². The molecule has 0 amide bonds. The monoisotopic (exact) mass is 417 g/mol. The summed E-state index contributed by atoms with van der Waals surface area (Å²) in [7, 11) is 1.96. The third kappa shape index (κ3) is 3.87. The second-order valence-corrected chi connectivity index (χ2v) is 7.38. The van der Waals surface area contributed by atoms with E-state index in [4.69, 9.17) is 5.73 Å². The zero-order valence-electron chi connectivity index (χ0n) is 11.4. The molecule has 1 unspecified atom stereocenters. The minimum atomic E-state index is 0.0956. The van der Waals surface area contributed by atoms with Gasteiger partial charge in [-0.05, 0) is 50.9 Å². The van der Waals surface area contributed by atoms with Gasteiger partial charge in [0.1, 0.15) is 0 Å². The van der Waals surface area contributed by atoms with Crippen molar-refractivity contribution in [2.75, 3.05) is 5.75 Å². The number of thioether (sulfide) groups is 1. The maximum absolute atomic E-state index is 6.25. The molecule has 0 bridgehead atoms. The fourth-order valence-electron chi connectivity index (χ4n) is 1.97. The summed E-state index contributed by atoms with van der Waals surface area (Å²) in [6.45, 7) is 1.99. The molecule has 6 heteroatoms. The Morgan fingerprint density at radius 2 is 2.05 bits per heavy atom. The highest BCUT2D eigenvalue weighted by Crippen LogP contribution is 2.28. The fraction of sp³-hybridized carbons (Fsp3) is 0.357. The lowest BCUT2D eigenvalue weighted by Gasteiger charge is -2.12. The zero-order valence-corrected chi connectivity index (χ0v) is 15.4. The summed E-state index contributed by atoms with van der Waals surface area (Å²) in [5.74, 6) is 0.874. The third-order valence-corrected chi connectivity index (χ3v) is 6.25. The predicted octanol–water partition coefficient (Wildman–Crippen LogP) is 3.92. The molecule has 0 aliphatic heterocycles. The molecule has 0 saturated heterocycles. The number of nitrogens with two attached hydrogens (primary N) is 1. The molecular formula is C14H17Br2N3S. The fourth-order valence-corrected chi connectivity index (χ4v) is 3.99. The van der Waals surface area contributed by atoms with Crippen LogP contribution >= 0.6 is 43.6 Å². The van der Waals surface area contributed by atoms with Gasteiger partial charge in [0.2, 0.25) is 0 Å². The summed E-state index contributed by atoms with van der Waals surface area (Å²) in [6.07, 6.45) is 0.815. The van der Waals surface area contributed by atoms with E-state index in [0.717, 1.165) is 32.5 Å². The van der Waals surface area contributed by atoms with Crippen molar-refractivity contribution in [3.63, 3.8) is 0 Å². The molecule has 0 spiro atoms. The molecule has 1 aromatic carbocycles. The van der Waals surface area contributed by atoms with Crippen LogP contribution in [-0.2, 0) is 13.5 Å². The molecule has 108 valence electrons. The van der Waals surface area contributed by atoms with Gasteiger partial charge in [-0.3, -0.25) is 4.68 Å². The lowest BCUT2D eigenvalue weighted by molar-refractivity contribution is 0.651. The first-order valence-electron chi connectivity index (χ1n) is 6.30. The Kier molecular flexibility index (Phi) is 5.72. The van der Waals surface area contributed by atoms with Crippen LogP contribution in [-0.4, -0.2) is 21.6 Å². The molecule has 2 rings (SSSR count). The largest absolute Gasteiger partial charge is 0.327 e. The van der Waals surface area contributed by atoms with Crippen molar-refractivity contribution in [2.45, 2.75) is 24.3 Å². The highest BCUT2D eigenvalue weighted by atomic mass is 79.9. The van der Waals surface area contributed by atoms with Crippen LogP contribution in [0, 0.1) is 6.92 Å². The molecule has 0 saturated carbocycles. The predicted molar refractivity (Wildman–Crippen MR) is 92.2 cm³/mol. The number of benzene rings is 1. The van der Waals surface area contributed by atoms with Crippen molar-refractivity contribution in [3.8, 4) is 0 Å². The molecule has 2 aromatic rings. The molecule has 3 nitrogen and oxygen atoms in total. The lowest BCUT2D eigenvalue weighted by atomic mass is 10.2. The van der Waals surface area contributed by atoms with Crippen molar-refractivity contribution < 1.29 is 0 Å². The summed E-state index contributed by atoms with van der Waals surface area (Å²) >= 11 is 8.92. The Morgan fingerprint density at radius 3 is 2.65 bits per heavy atom. The maximum atomic E-state index is 6.25. The van der Waals surface area contributed by atoms with Crippen LogP contribution in [0.2, 0.25) is 0 Å². The van der Waals surface area contributed by atoms with Crippen LogP contribution in [0.5, 0.6) is 0 Å². The summed E-state index contributed by atoms with van der Waals surface area (Å²) in [5, 5.41) is 4.40. The standard InChI is InChI=1S/C14H17Br2N3S/c1-9-14(16)12(19(2)18-9)7-10(17)8-20-13-6-4-3-5-11(13)15/h3-6,10H,7-8,17H2,1-2H3. The first-order chi connectivity index (χ1) is 9.49. The van der Waals surface area contributed by atoms with Crippen molar-refractivity contribution in [2.24, 2.45) is 12.8 Å². The Morgan fingerprint density at radius 1 is 1.35 bits per heavy atom. The number of aromatic nitrogens is 2. The van der Waals surface area contributed by atoms with Crippen LogP contribution < -0.4 is 5.73 Å². The van der Waals surface area contributed by atoms with E-state index in [2.05, 4.69) is 49.1 Å². The van der Waals surface area contributed by atoms with Gasteiger partial charge in [-0.1, -0.05) is 12.1 Å². The third-order valence-electron chi connectivity index (χ3n) is 3.01. The Hall–Kier alpha value is -0.300. The quantitative estimate of drug-likeness (QED) is 0.748. The summed E-state index contributed by atoms with van der Waals surface area (Å²) in [4.78, 5) is 1.23. The van der Waals surface area contributed by atoms with E-state index in [1.54, 1.807) is 11.8 Å². The molecule has 1 atom stereocenters. The van der Waals surface area contributed by atoms with Crippen LogP contribution in [0.25, 0.3) is 0 Å².